The highest BCUT2D eigenvalue weighted by Crippen LogP contribution is 2.05. The Balaban J connectivity index is 2.16. The quantitative estimate of drug-likeness (QED) is 0.811. The maximum Gasteiger partial charge on any atom is 0.362 e. The summed E-state index contributed by atoms with van der Waals surface area (Å²) < 4.78 is 30.5. The van der Waals surface area contributed by atoms with Gasteiger partial charge in [-0.2, -0.15) is 17.2 Å². The summed E-state index contributed by atoms with van der Waals surface area (Å²) in [7, 11) is -3.86. The first-order valence-electron chi connectivity index (χ1n) is 6.03. The van der Waals surface area contributed by atoms with E-state index in [0.717, 1.165) is 11.1 Å². The minimum Gasteiger partial charge on any atom is -0.179 e. The zero-order chi connectivity index (χ0) is 14.4. The Labute approximate surface area is 118 Å². The largest absolute Gasteiger partial charge is 0.362 e. The van der Waals surface area contributed by atoms with Crippen LogP contribution in [0.25, 0.3) is 0 Å². The Morgan fingerprint density at radius 2 is 1.45 bits per heavy atom. The highest BCUT2D eigenvalue weighted by molar-refractivity contribution is 7.89. The molecule has 2 aromatic rings. The molecule has 0 saturated heterocycles. The predicted molar refractivity (Wildman–Crippen MR) is 81.7 cm³/mol. The van der Waals surface area contributed by atoms with Crippen LogP contribution in [-0.2, 0) is 10.2 Å². The number of rotatable bonds is 4. The van der Waals surface area contributed by atoms with E-state index in [9.17, 15) is 8.42 Å². The number of hydrogen-bond donors (Lipinski definition) is 0. The van der Waals surface area contributed by atoms with Crippen molar-refractivity contribution in [2.24, 2.45) is 8.80 Å². The van der Waals surface area contributed by atoms with Gasteiger partial charge in [0.25, 0.3) is 0 Å². The molecule has 0 atom stereocenters. The summed E-state index contributed by atoms with van der Waals surface area (Å²) in [6.45, 7) is 1.89. The van der Waals surface area contributed by atoms with E-state index in [4.69, 9.17) is 0 Å². The summed E-state index contributed by atoms with van der Waals surface area (Å²) in [5.41, 5.74) is 2.42. The second kappa shape index (κ2) is 6.25. The van der Waals surface area contributed by atoms with Gasteiger partial charge in [-0.3, -0.25) is 0 Å². The zero-order valence-corrected chi connectivity index (χ0v) is 11.8. The van der Waals surface area contributed by atoms with Crippen LogP contribution in [0.15, 0.2) is 63.4 Å². The van der Waals surface area contributed by atoms with Crippen molar-refractivity contribution in [2.75, 3.05) is 0 Å². The SMILES string of the molecule is Cc1ccccc1/C=N/S(=O)(=O)/N=C/c1ccccc1. The minimum atomic E-state index is -3.86. The summed E-state index contributed by atoms with van der Waals surface area (Å²) >= 11 is 0. The third kappa shape index (κ3) is 4.13. The fourth-order valence-corrected chi connectivity index (χ4v) is 2.10. The van der Waals surface area contributed by atoms with Gasteiger partial charge in [0.2, 0.25) is 0 Å². The van der Waals surface area contributed by atoms with Gasteiger partial charge < -0.3 is 0 Å². The van der Waals surface area contributed by atoms with Crippen molar-refractivity contribution in [3.05, 3.63) is 71.3 Å². The average Bonchev–Trinajstić information content (AvgIpc) is 2.46. The van der Waals surface area contributed by atoms with Gasteiger partial charge in [-0.15, -0.1) is 0 Å². The first kappa shape index (κ1) is 14.1. The van der Waals surface area contributed by atoms with Crippen molar-refractivity contribution in [1.29, 1.82) is 0 Å². The smallest absolute Gasteiger partial charge is 0.179 e. The van der Waals surface area contributed by atoms with Gasteiger partial charge in [0.15, 0.2) is 0 Å². The van der Waals surface area contributed by atoms with Gasteiger partial charge in [-0.1, -0.05) is 54.6 Å². The van der Waals surface area contributed by atoms with Gasteiger partial charge in [-0.05, 0) is 23.6 Å². The summed E-state index contributed by atoms with van der Waals surface area (Å²) in [6.07, 6.45) is 2.59. The van der Waals surface area contributed by atoms with E-state index >= 15 is 0 Å². The van der Waals surface area contributed by atoms with Crippen molar-refractivity contribution in [3.8, 4) is 0 Å². The third-order valence-corrected chi connectivity index (χ3v) is 3.39. The Bertz CT molecular complexity index is 735. The number of benzene rings is 2. The molecule has 0 bridgehead atoms. The minimum absolute atomic E-state index is 0.710. The number of nitrogens with zero attached hydrogens (tertiary/aromatic N) is 2. The van der Waals surface area contributed by atoms with Gasteiger partial charge in [-0.25, -0.2) is 0 Å². The van der Waals surface area contributed by atoms with Crippen LogP contribution < -0.4 is 0 Å². The van der Waals surface area contributed by atoms with Gasteiger partial charge in [0, 0.05) is 12.4 Å². The Kier molecular flexibility index (Phi) is 4.42. The maximum absolute atomic E-state index is 11.7. The van der Waals surface area contributed by atoms with Gasteiger partial charge >= 0.3 is 10.2 Å². The Morgan fingerprint density at radius 3 is 2.15 bits per heavy atom. The normalized spacial score (nSPS) is 12.2. The van der Waals surface area contributed by atoms with E-state index in [1.54, 1.807) is 18.2 Å². The lowest BCUT2D eigenvalue weighted by Crippen LogP contribution is -1.94. The lowest BCUT2D eigenvalue weighted by Gasteiger charge is -1.97. The van der Waals surface area contributed by atoms with E-state index in [0.29, 0.717) is 5.56 Å². The van der Waals surface area contributed by atoms with Crippen LogP contribution in [0.5, 0.6) is 0 Å². The van der Waals surface area contributed by atoms with Crippen molar-refractivity contribution >= 4 is 22.6 Å². The molecule has 5 heteroatoms. The summed E-state index contributed by atoms with van der Waals surface area (Å²) in [5.74, 6) is 0. The molecule has 0 heterocycles. The molecule has 2 rings (SSSR count). The molecular formula is C15H14N2O2S. The van der Waals surface area contributed by atoms with Crippen molar-refractivity contribution in [1.82, 2.24) is 0 Å². The van der Waals surface area contributed by atoms with E-state index in [1.807, 2.05) is 43.3 Å². The van der Waals surface area contributed by atoms with Crippen molar-refractivity contribution in [2.45, 2.75) is 6.92 Å². The first-order valence-corrected chi connectivity index (χ1v) is 7.43. The Morgan fingerprint density at radius 1 is 0.850 bits per heavy atom. The molecule has 0 amide bonds. The molecule has 0 spiro atoms. The van der Waals surface area contributed by atoms with E-state index in [1.165, 1.54) is 12.4 Å². The molecule has 102 valence electrons. The van der Waals surface area contributed by atoms with Gasteiger partial charge in [0.1, 0.15) is 0 Å². The van der Waals surface area contributed by atoms with E-state index in [-0.39, 0.29) is 0 Å². The standard InChI is InChI=1S/C15H14N2O2S/c1-13-7-5-6-10-15(13)12-17-20(18,19)16-11-14-8-3-2-4-9-14/h2-12H,1H3/b16-11+,17-12+. The van der Waals surface area contributed by atoms with E-state index in [2.05, 4.69) is 8.80 Å². The lowest BCUT2D eigenvalue weighted by molar-refractivity contribution is 0.600. The Hall–Kier alpha value is -2.27. The summed E-state index contributed by atoms with van der Waals surface area (Å²) in [5, 5.41) is 0. The highest BCUT2D eigenvalue weighted by atomic mass is 32.2. The molecule has 0 N–H and O–H groups in total. The molecule has 0 unspecified atom stereocenters. The van der Waals surface area contributed by atoms with Crippen LogP contribution in [-0.4, -0.2) is 20.8 Å². The molecule has 2 aromatic carbocycles. The van der Waals surface area contributed by atoms with Crippen LogP contribution in [0.3, 0.4) is 0 Å². The molecule has 0 radical (unpaired) electrons. The summed E-state index contributed by atoms with van der Waals surface area (Å²) in [6, 6.07) is 16.4. The fraction of sp³-hybridized carbons (Fsp3) is 0.0667. The number of hydrogen-bond acceptors (Lipinski definition) is 2. The number of aryl methyl sites for hydroxylation is 1. The molecule has 0 aromatic heterocycles. The van der Waals surface area contributed by atoms with Crippen LogP contribution in [0.1, 0.15) is 16.7 Å². The molecule has 4 nitrogen and oxygen atoms in total. The van der Waals surface area contributed by atoms with Crippen molar-refractivity contribution < 1.29 is 8.42 Å². The highest BCUT2D eigenvalue weighted by Gasteiger charge is 2.02. The topological polar surface area (TPSA) is 58.9 Å². The molecule has 0 saturated carbocycles. The molecule has 0 aliphatic heterocycles. The lowest BCUT2D eigenvalue weighted by atomic mass is 10.1. The average molecular weight is 286 g/mol. The molecule has 0 fully saturated rings. The first-order chi connectivity index (χ1) is 9.57. The summed E-state index contributed by atoms with van der Waals surface area (Å²) in [4.78, 5) is 0. The molecule has 0 aliphatic carbocycles. The van der Waals surface area contributed by atoms with Crippen LogP contribution >= 0.6 is 0 Å². The monoisotopic (exact) mass is 286 g/mol. The predicted octanol–water partition coefficient (Wildman–Crippen LogP) is 2.78. The van der Waals surface area contributed by atoms with E-state index < -0.39 is 10.2 Å². The second-order valence-electron chi connectivity index (χ2n) is 4.18. The molecule has 0 aliphatic rings. The van der Waals surface area contributed by atoms with Gasteiger partial charge in [0.05, 0.1) is 0 Å². The van der Waals surface area contributed by atoms with Crippen LogP contribution in [0, 0.1) is 6.92 Å². The van der Waals surface area contributed by atoms with Crippen molar-refractivity contribution in [3.63, 3.8) is 0 Å². The fourth-order valence-electron chi connectivity index (χ4n) is 1.55. The maximum atomic E-state index is 11.7. The van der Waals surface area contributed by atoms with Crippen LogP contribution in [0.4, 0.5) is 0 Å². The molecule has 20 heavy (non-hydrogen) atoms. The van der Waals surface area contributed by atoms with Crippen LogP contribution in [0.2, 0.25) is 0 Å². The second-order valence-corrected chi connectivity index (χ2v) is 5.50. The molecular weight excluding hydrogens is 272 g/mol. The third-order valence-electron chi connectivity index (χ3n) is 2.65. The zero-order valence-electron chi connectivity index (χ0n) is 11.0.